The largest absolute Gasteiger partial charge is 0.362 e. The van der Waals surface area contributed by atoms with Gasteiger partial charge in [0.05, 0.1) is 0 Å². The van der Waals surface area contributed by atoms with Crippen LogP contribution in [0.3, 0.4) is 0 Å². The Hall–Kier alpha value is -1.94. The van der Waals surface area contributed by atoms with E-state index in [2.05, 4.69) is 16.7 Å². The van der Waals surface area contributed by atoms with Crippen molar-refractivity contribution in [1.82, 2.24) is 5.32 Å². The normalized spacial score (nSPS) is 10.2. The van der Waals surface area contributed by atoms with E-state index in [9.17, 15) is 4.39 Å². The fourth-order valence-electron chi connectivity index (χ4n) is 2.23. The molecule has 2 nitrogen and oxygen atoms in total. The number of hydrogen-bond donors (Lipinski definition) is 2. The van der Waals surface area contributed by atoms with Crippen molar-refractivity contribution in [3.05, 3.63) is 65.0 Å². The first-order valence-electron chi connectivity index (χ1n) is 6.91. The molecule has 0 saturated carbocycles. The Kier molecular flexibility index (Phi) is 5.28. The zero-order valence-corrected chi connectivity index (χ0v) is 13.1. The van der Waals surface area contributed by atoms with Crippen molar-refractivity contribution in [2.24, 2.45) is 0 Å². The van der Waals surface area contributed by atoms with Gasteiger partial charge in [0.1, 0.15) is 5.82 Å². The highest BCUT2D eigenvalue weighted by Gasteiger charge is 2.02. The third-order valence-electron chi connectivity index (χ3n) is 3.12. The lowest BCUT2D eigenvalue weighted by atomic mass is 10.1. The third kappa shape index (κ3) is 4.83. The second-order valence-corrected chi connectivity index (χ2v) is 5.51. The third-order valence-corrected chi connectivity index (χ3v) is 3.36. The van der Waals surface area contributed by atoms with Crippen molar-refractivity contribution >= 4 is 23.0 Å². The minimum atomic E-state index is -0.174. The predicted molar refractivity (Wildman–Crippen MR) is 90.2 cm³/mol. The van der Waals surface area contributed by atoms with E-state index >= 15 is 0 Å². The van der Waals surface area contributed by atoms with Gasteiger partial charge in [-0.2, -0.15) is 0 Å². The van der Waals surface area contributed by atoms with Gasteiger partial charge in [-0.25, -0.2) is 4.39 Å². The molecule has 0 heterocycles. The van der Waals surface area contributed by atoms with Gasteiger partial charge < -0.3 is 10.6 Å². The predicted octanol–water partition coefficient (Wildman–Crippen LogP) is 3.97. The highest BCUT2D eigenvalue weighted by atomic mass is 32.1. The second-order valence-electron chi connectivity index (χ2n) is 5.10. The summed E-state index contributed by atoms with van der Waals surface area (Å²) >= 11 is 5.25. The van der Waals surface area contributed by atoms with Gasteiger partial charge in [-0.15, -0.1) is 0 Å². The van der Waals surface area contributed by atoms with Crippen molar-refractivity contribution in [3.63, 3.8) is 0 Å². The summed E-state index contributed by atoms with van der Waals surface area (Å²) in [7, 11) is 0. The van der Waals surface area contributed by atoms with Crippen LogP contribution in [0.25, 0.3) is 0 Å². The molecule has 2 aromatic carbocycles. The molecule has 0 bridgehead atoms. The van der Waals surface area contributed by atoms with Gasteiger partial charge in [0.15, 0.2) is 5.11 Å². The molecule has 2 aromatic rings. The molecule has 0 aliphatic rings. The zero-order valence-electron chi connectivity index (χ0n) is 12.2. The summed E-state index contributed by atoms with van der Waals surface area (Å²) in [5.74, 6) is -0.174. The zero-order chi connectivity index (χ0) is 15.2. The van der Waals surface area contributed by atoms with Crippen molar-refractivity contribution in [2.45, 2.75) is 20.3 Å². The molecule has 110 valence electrons. The van der Waals surface area contributed by atoms with Crippen LogP contribution in [0.4, 0.5) is 10.1 Å². The monoisotopic (exact) mass is 302 g/mol. The summed E-state index contributed by atoms with van der Waals surface area (Å²) in [5.41, 5.74) is 4.04. The smallest absolute Gasteiger partial charge is 0.170 e. The van der Waals surface area contributed by atoms with E-state index < -0.39 is 0 Å². The van der Waals surface area contributed by atoms with Gasteiger partial charge in [-0.1, -0.05) is 24.3 Å². The van der Waals surface area contributed by atoms with Crippen LogP contribution in [0.5, 0.6) is 0 Å². The molecule has 0 aliphatic heterocycles. The number of anilines is 1. The number of hydrogen-bond acceptors (Lipinski definition) is 1. The first-order chi connectivity index (χ1) is 10.0. The van der Waals surface area contributed by atoms with Gasteiger partial charge in [-0.3, -0.25) is 0 Å². The van der Waals surface area contributed by atoms with Crippen LogP contribution in [-0.4, -0.2) is 11.7 Å². The Morgan fingerprint density at radius 1 is 1.10 bits per heavy atom. The average Bonchev–Trinajstić information content (AvgIpc) is 2.39. The molecule has 0 aromatic heterocycles. The Balaban J connectivity index is 1.84. The fourth-order valence-corrected chi connectivity index (χ4v) is 2.45. The first kappa shape index (κ1) is 15.4. The van der Waals surface area contributed by atoms with Crippen molar-refractivity contribution < 1.29 is 4.39 Å². The molecule has 2 N–H and O–H groups in total. The summed E-state index contributed by atoms with van der Waals surface area (Å²) in [6, 6.07) is 13.0. The number of halogens is 1. The Bertz CT molecular complexity index is 620. The van der Waals surface area contributed by atoms with Crippen LogP contribution in [0.15, 0.2) is 42.5 Å². The van der Waals surface area contributed by atoms with Crippen LogP contribution >= 0.6 is 12.2 Å². The van der Waals surface area contributed by atoms with Crippen LogP contribution in [-0.2, 0) is 6.42 Å². The molecule has 0 fully saturated rings. The maximum Gasteiger partial charge on any atom is 0.170 e. The lowest BCUT2D eigenvalue weighted by Gasteiger charge is -2.12. The van der Waals surface area contributed by atoms with Crippen LogP contribution in [0.1, 0.15) is 16.7 Å². The van der Waals surface area contributed by atoms with E-state index in [1.165, 1.54) is 17.2 Å². The van der Waals surface area contributed by atoms with E-state index in [4.69, 9.17) is 12.2 Å². The Labute approximate surface area is 130 Å². The van der Waals surface area contributed by atoms with E-state index in [0.717, 1.165) is 5.69 Å². The van der Waals surface area contributed by atoms with Crippen LogP contribution < -0.4 is 10.6 Å². The standard InChI is InChI=1S/C17H19FN2S/c1-12-9-13(2)11-15(10-12)20-17(21)19-8-7-14-5-3-4-6-16(14)18/h3-6,9-11H,7-8H2,1-2H3,(H2,19,20,21). The average molecular weight is 302 g/mol. The lowest BCUT2D eigenvalue weighted by Crippen LogP contribution is -2.30. The summed E-state index contributed by atoms with van der Waals surface area (Å²) < 4.78 is 13.5. The summed E-state index contributed by atoms with van der Waals surface area (Å²) in [4.78, 5) is 0. The van der Waals surface area contributed by atoms with Crippen LogP contribution in [0.2, 0.25) is 0 Å². The van der Waals surface area contributed by atoms with Gasteiger partial charge in [-0.05, 0) is 67.4 Å². The van der Waals surface area contributed by atoms with Gasteiger partial charge >= 0.3 is 0 Å². The van der Waals surface area contributed by atoms with Gasteiger partial charge in [0, 0.05) is 12.2 Å². The second kappa shape index (κ2) is 7.18. The molecule has 0 aliphatic carbocycles. The summed E-state index contributed by atoms with van der Waals surface area (Å²) in [6.07, 6.45) is 0.599. The van der Waals surface area contributed by atoms with E-state index in [1.54, 1.807) is 12.1 Å². The number of thiocarbonyl (C=S) groups is 1. The number of aryl methyl sites for hydroxylation is 2. The number of rotatable bonds is 4. The number of nitrogens with one attached hydrogen (secondary N) is 2. The number of benzene rings is 2. The quantitative estimate of drug-likeness (QED) is 0.836. The molecule has 0 spiro atoms. The van der Waals surface area contributed by atoms with Gasteiger partial charge in [0.2, 0.25) is 0 Å². The van der Waals surface area contributed by atoms with Crippen molar-refractivity contribution in [3.8, 4) is 0 Å². The Morgan fingerprint density at radius 3 is 2.43 bits per heavy atom. The molecular weight excluding hydrogens is 283 g/mol. The maximum absolute atomic E-state index is 13.5. The molecule has 0 atom stereocenters. The molecule has 0 radical (unpaired) electrons. The van der Waals surface area contributed by atoms with Crippen molar-refractivity contribution in [1.29, 1.82) is 0 Å². The van der Waals surface area contributed by atoms with Gasteiger partial charge in [0.25, 0.3) is 0 Å². The van der Waals surface area contributed by atoms with Crippen LogP contribution in [0, 0.1) is 19.7 Å². The Morgan fingerprint density at radius 2 is 1.76 bits per heavy atom. The molecule has 4 heteroatoms. The fraction of sp³-hybridized carbons (Fsp3) is 0.235. The topological polar surface area (TPSA) is 24.1 Å². The van der Waals surface area contributed by atoms with E-state index in [1.807, 2.05) is 32.0 Å². The molecule has 21 heavy (non-hydrogen) atoms. The SMILES string of the molecule is Cc1cc(C)cc(NC(=S)NCCc2ccccc2F)c1. The minimum Gasteiger partial charge on any atom is -0.362 e. The highest BCUT2D eigenvalue weighted by molar-refractivity contribution is 7.80. The van der Waals surface area contributed by atoms with E-state index in [0.29, 0.717) is 23.6 Å². The first-order valence-corrected chi connectivity index (χ1v) is 7.32. The summed E-state index contributed by atoms with van der Waals surface area (Å²) in [5, 5.41) is 6.80. The molecule has 0 amide bonds. The van der Waals surface area contributed by atoms with E-state index in [-0.39, 0.29) is 5.82 Å². The van der Waals surface area contributed by atoms with Crippen molar-refractivity contribution in [2.75, 3.05) is 11.9 Å². The molecular formula is C17H19FN2S. The molecule has 0 unspecified atom stereocenters. The lowest BCUT2D eigenvalue weighted by molar-refractivity contribution is 0.607. The molecule has 2 rings (SSSR count). The molecule has 0 saturated heterocycles. The maximum atomic E-state index is 13.5. The summed E-state index contributed by atoms with van der Waals surface area (Å²) in [6.45, 7) is 4.69. The minimum absolute atomic E-state index is 0.174. The highest BCUT2D eigenvalue weighted by Crippen LogP contribution is 2.13.